The summed E-state index contributed by atoms with van der Waals surface area (Å²) < 4.78 is 43.4. The molecule has 1 atom stereocenters. The molecule has 1 aliphatic rings. The minimum Gasteiger partial charge on any atom is -0.484 e. The number of rotatable bonds is 6. The van der Waals surface area contributed by atoms with Crippen LogP contribution in [0.4, 0.5) is 13.2 Å². The molecule has 1 aromatic carbocycles. The van der Waals surface area contributed by atoms with Gasteiger partial charge in [0.15, 0.2) is 6.61 Å². The topological polar surface area (TPSA) is 53.3 Å². The first-order valence-corrected chi connectivity index (χ1v) is 7.29. The van der Waals surface area contributed by atoms with Crippen molar-refractivity contribution in [1.29, 1.82) is 5.26 Å². The number of halogens is 3. The highest BCUT2D eigenvalue weighted by Crippen LogP contribution is 2.36. The Balaban J connectivity index is 2.00. The van der Waals surface area contributed by atoms with E-state index in [0.29, 0.717) is 5.56 Å². The third-order valence-electron chi connectivity index (χ3n) is 3.79. The average Bonchev–Trinajstić information content (AvgIpc) is 3.33. The number of carbonyl (C=O) groups is 1. The molecule has 4 nitrogen and oxygen atoms in total. The Bertz CT molecular complexity index is 606. The predicted octanol–water partition coefficient (Wildman–Crippen LogP) is 3.13. The van der Waals surface area contributed by atoms with Crippen molar-refractivity contribution in [3.63, 3.8) is 0 Å². The van der Waals surface area contributed by atoms with E-state index < -0.39 is 31.3 Å². The molecule has 1 aliphatic carbocycles. The number of hydrogen-bond donors (Lipinski definition) is 0. The average molecular weight is 326 g/mol. The van der Waals surface area contributed by atoms with Crippen molar-refractivity contribution >= 4 is 5.91 Å². The van der Waals surface area contributed by atoms with Gasteiger partial charge in [-0.2, -0.15) is 18.4 Å². The lowest BCUT2D eigenvalue weighted by molar-refractivity contribution is -0.167. The number of benzene rings is 1. The second-order valence-corrected chi connectivity index (χ2v) is 5.64. The fraction of sp³-hybridized carbons (Fsp3) is 0.500. The minimum absolute atomic E-state index is 0.128. The maximum atomic E-state index is 12.7. The van der Waals surface area contributed by atoms with Gasteiger partial charge in [0, 0.05) is 6.04 Å². The van der Waals surface area contributed by atoms with Crippen LogP contribution in [0.5, 0.6) is 5.75 Å². The van der Waals surface area contributed by atoms with Crippen molar-refractivity contribution in [1.82, 2.24) is 4.90 Å². The van der Waals surface area contributed by atoms with Crippen molar-refractivity contribution in [3.05, 3.63) is 29.8 Å². The number of nitriles is 1. The normalized spacial score (nSPS) is 15.6. The van der Waals surface area contributed by atoms with E-state index in [1.165, 1.54) is 6.07 Å². The van der Waals surface area contributed by atoms with Gasteiger partial charge in [-0.05, 0) is 43.9 Å². The molecule has 0 radical (unpaired) electrons. The Morgan fingerprint density at radius 3 is 2.74 bits per heavy atom. The fourth-order valence-corrected chi connectivity index (χ4v) is 2.37. The van der Waals surface area contributed by atoms with Gasteiger partial charge in [-0.1, -0.05) is 6.07 Å². The van der Waals surface area contributed by atoms with Crippen LogP contribution in [0.15, 0.2) is 24.3 Å². The number of alkyl halides is 3. The van der Waals surface area contributed by atoms with Gasteiger partial charge in [0.2, 0.25) is 0 Å². The summed E-state index contributed by atoms with van der Waals surface area (Å²) in [5, 5.41) is 8.79. The molecule has 1 saturated carbocycles. The highest BCUT2D eigenvalue weighted by Gasteiger charge is 2.40. The van der Waals surface area contributed by atoms with Crippen LogP contribution < -0.4 is 4.74 Å². The summed E-state index contributed by atoms with van der Waals surface area (Å²) in [6.45, 7) is -0.120. The zero-order valence-corrected chi connectivity index (χ0v) is 12.6. The van der Waals surface area contributed by atoms with Gasteiger partial charge in [0.25, 0.3) is 5.91 Å². The lowest BCUT2D eigenvalue weighted by atomic mass is 10.2. The van der Waals surface area contributed by atoms with Crippen LogP contribution in [-0.2, 0) is 4.79 Å². The van der Waals surface area contributed by atoms with Crippen molar-refractivity contribution in [2.45, 2.75) is 32.0 Å². The number of ether oxygens (including phenoxy) is 1. The smallest absolute Gasteiger partial charge is 0.406 e. The summed E-state index contributed by atoms with van der Waals surface area (Å²) in [6.07, 6.45) is -2.76. The first kappa shape index (κ1) is 17.1. The van der Waals surface area contributed by atoms with E-state index >= 15 is 0 Å². The maximum Gasteiger partial charge on any atom is 0.406 e. The molecular weight excluding hydrogens is 309 g/mol. The Morgan fingerprint density at radius 1 is 1.48 bits per heavy atom. The zero-order valence-electron chi connectivity index (χ0n) is 12.6. The molecular formula is C16H17F3N2O2. The predicted molar refractivity (Wildman–Crippen MR) is 76.6 cm³/mol. The monoisotopic (exact) mass is 326 g/mol. The van der Waals surface area contributed by atoms with Crippen LogP contribution in [0, 0.1) is 17.2 Å². The molecule has 0 aliphatic heterocycles. The van der Waals surface area contributed by atoms with Crippen LogP contribution in [0.25, 0.3) is 0 Å². The number of hydrogen-bond acceptors (Lipinski definition) is 3. The highest BCUT2D eigenvalue weighted by molar-refractivity contribution is 5.78. The van der Waals surface area contributed by atoms with Crippen molar-refractivity contribution < 1.29 is 22.7 Å². The Labute approximate surface area is 132 Å². The summed E-state index contributed by atoms with van der Waals surface area (Å²) in [5.74, 6) is -0.296. The number of nitrogens with zero attached hydrogens (tertiary/aromatic N) is 2. The summed E-state index contributed by atoms with van der Waals surface area (Å²) in [4.78, 5) is 13.0. The van der Waals surface area contributed by atoms with E-state index in [-0.39, 0.29) is 11.7 Å². The standard InChI is InChI=1S/C16H17F3N2O2/c1-11(13-5-6-13)21(10-16(17,18)19)15(22)9-23-14-4-2-3-12(7-14)8-20/h2-4,7,11,13H,5-6,9-10H2,1H3/t11-/m0/s1. The van der Waals surface area contributed by atoms with Crippen LogP contribution >= 0.6 is 0 Å². The summed E-state index contributed by atoms with van der Waals surface area (Å²) in [7, 11) is 0. The van der Waals surface area contributed by atoms with E-state index in [4.69, 9.17) is 10.00 Å². The molecule has 0 aromatic heterocycles. The first-order valence-electron chi connectivity index (χ1n) is 7.29. The molecule has 124 valence electrons. The molecule has 0 heterocycles. The molecule has 0 unspecified atom stereocenters. The van der Waals surface area contributed by atoms with Gasteiger partial charge < -0.3 is 9.64 Å². The molecule has 1 fully saturated rings. The molecule has 7 heteroatoms. The first-order chi connectivity index (χ1) is 10.8. The van der Waals surface area contributed by atoms with E-state index in [2.05, 4.69) is 0 Å². The van der Waals surface area contributed by atoms with E-state index in [0.717, 1.165) is 17.7 Å². The van der Waals surface area contributed by atoms with Gasteiger partial charge >= 0.3 is 6.18 Å². The quantitative estimate of drug-likeness (QED) is 0.807. The molecule has 1 aromatic rings. The van der Waals surface area contributed by atoms with Crippen LogP contribution in [0.2, 0.25) is 0 Å². The van der Waals surface area contributed by atoms with E-state index in [1.54, 1.807) is 25.1 Å². The minimum atomic E-state index is -4.44. The van der Waals surface area contributed by atoms with E-state index in [9.17, 15) is 18.0 Å². The van der Waals surface area contributed by atoms with Crippen LogP contribution in [-0.4, -0.2) is 36.2 Å². The van der Waals surface area contributed by atoms with Crippen molar-refractivity contribution in [3.8, 4) is 11.8 Å². The molecule has 1 amide bonds. The van der Waals surface area contributed by atoms with Gasteiger partial charge in [-0.3, -0.25) is 4.79 Å². The van der Waals surface area contributed by atoms with Gasteiger partial charge in [-0.15, -0.1) is 0 Å². The summed E-state index contributed by atoms with van der Waals surface area (Å²) in [5.41, 5.74) is 0.355. The van der Waals surface area contributed by atoms with Crippen LogP contribution in [0.3, 0.4) is 0 Å². The van der Waals surface area contributed by atoms with Gasteiger partial charge in [-0.25, -0.2) is 0 Å². The lowest BCUT2D eigenvalue weighted by Crippen LogP contribution is -2.47. The molecule has 0 N–H and O–H groups in total. The Kier molecular flexibility index (Phi) is 5.14. The fourth-order valence-electron chi connectivity index (χ4n) is 2.37. The SMILES string of the molecule is C[C@@H](C1CC1)N(CC(F)(F)F)C(=O)COc1cccc(C#N)c1. The number of amides is 1. The van der Waals surface area contributed by atoms with E-state index in [1.807, 2.05) is 6.07 Å². The lowest BCUT2D eigenvalue weighted by Gasteiger charge is -2.30. The molecule has 23 heavy (non-hydrogen) atoms. The Morgan fingerprint density at radius 2 is 2.17 bits per heavy atom. The number of carbonyl (C=O) groups excluding carboxylic acids is 1. The maximum absolute atomic E-state index is 12.7. The summed E-state index contributed by atoms with van der Waals surface area (Å²) in [6, 6.07) is 7.60. The third kappa shape index (κ3) is 5.16. The van der Waals surface area contributed by atoms with Crippen molar-refractivity contribution in [2.75, 3.05) is 13.2 Å². The molecule has 0 spiro atoms. The molecule has 0 bridgehead atoms. The largest absolute Gasteiger partial charge is 0.484 e. The zero-order chi connectivity index (χ0) is 17.0. The van der Waals surface area contributed by atoms with Crippen LogP contribution in [0.1, 0.15) is 25.3 Å². The second-order valence-electron chi connectivity index (χ2n) is 5.64. The molecule has 0 saturated heterocycles. The second kappa shape index (κ2) is 6.90. The van der Waals surface area contributed by atoms with Crippen molar-refractivity contribution in [2.24, 2.45) is 5.92 Å². The highest BCUT2D eigenvalue weighted by atomic mass is 19.4. The third-order valence-corrected chi connectivity index (χ3v) is 3.79. The van der Waals surface area contributed by atoms with Gasteiger partial charge in [0.1, 0.15) is 12.3 Å². The van der Waals surface area contributed by atoms with Gasteiger partial charge in [0.05, 0.1) is 11.6 Å². The molecule has 2 rings (SSSR count). The summed E-state index contributed by atoms with van der Waals surface area (Å²) >= 11 is 0. The Hall–Kier alpha value is -2.23.